The van der Waals surface area contributed by atoms with Crippen LogP contribution < -0.4 is 5.32 Å². The number of nitrogens with one attached hydrogen (secondary N) is 1. The lowest BCUT2D eigenvalue weighted by Crippen LogP contribution is -2.40. The maximum atomic E-state index is 12.2. The molecular formula is C18H32N4O. The van der Waals surface area contributed by atoms with Crippen molar-refractivity contribution < 1.29 is 4.79 Å². The summed E-state index contributed by atoms with van der Waals surface area (Å²) in [5, 5.41) is 7.28. The Hall–Kier alpha value is -1.36. The smallest absolute Gasteiger partial charge is 0.254 e. The van der Waals surface area contributed by atoms with Gasteiger partial charge >= 0.3 is 0 Å². The van der Waals surface area contributed by atoms with Gasteiger partial charge in [0.25, 0.3) is 5.91 Å². The SMILES string of the molecule is C[C@@H]1C[C@@H](C)CN(CCCNC(=O)c2cnn(C(C)(C)C)c2)C1. The van der Waals surface area contributed by atoms with E-state index in [1.54, 1.807) is 6.20 Å². The number of nitrogens with zero attached hydrogens (tertiary/aromatic N) is 3. The van der Waals surface area contributed by atoms with Gasteiger partial charge in [-0.2, -0.15) is 5.10 Å². The third-order valence-electron chi connectivity index (χ3n) is 4.41. The van der Waals surface area contributed by atoms with Crippen molar-refractivity contribution in [3.8, 4) is 0 Å². The predicted molar refractivity (Wildman–Crippen MR) is 93.6 cm³/mol. The van der Waals surface area contributed by atoms with E-state index < -0.39 is 0 Å². The minimum absolute atomic E-state index is 0.0270. The van der Waals surface area contributed by atoms with Gasteiger partial charge in [-0.15, -0.1) is 0 Å². The van der Waals surface area contributed by atoms with E-state index in [4.69, 9.17) is 0 Å². The Morgan fingerprint density at radius 3 is 2.52 bits per heavy atom. The summed E-state index contributed by atoms with van der Waals surface area (Å²) in [7, 11) is 0. The normalized spacial score (nSPS) is 23.0. The van der Waals surface area contributed by atoms with E-state index >= 15 is 0 Å². The van der Waals surface area contributed by atoms with Gasteiger partial charge in [0.1, 0.15) is 0 Å². The lowest BCUT2D eigenvalue weighted by Gasteiger charge is -2.34. The van der Waals surface area contributed by atoms with E-state index in [0.29, 0.717) is 5.56 Å². The number of aromatic nitrogens is 2. The molecule has 0 aliphatic carbocycles. The Morgan fingerprint density at radius 2 is 1.96 bits per heavy atom. The fourth-order valence-corrected chi connectivity index (χ4v) is 3.39. The first-order valence-electron chi connectivity index (χ1n) is 8.81. The summed E-state index contributed by atoms with van der Waals surface area (Å²) in [6, 6.07) is 0. The van der Waals surface area contributed by atoms with Crippen LogP contribution in [0.25, 0.3) is 0 Å². The maximum Gasteiger partial charge on any atom is 0.254 e. The molecule has 2 heterocycles. The Bertz CT molecular complexity index is 507. The number of rotatable bonds is 5. The van der Waals surface area contributed by atoms with Crippen LogP contribution in [0.2, 0.25) is 0 Å². The van der Waals surface area contributed by atoms with Crippen molar-refractivity contribution in [2.45, 2.75) is 53.0 Å². The quantitative estimate of drug-likeness (QED) is 0.849. The molecule has 23 heavy (non-hydrogen) atoms. The van der Waals surface area contributed by atoms with Gasteiger partial charge in [0.2, 0.25) is 0 Å². The summed E-state index contributed by atoms with van der Waals surface area (Å²) in [6.45, 7) is 15.0. The molecule has 1 aliphatic heterocycles. The molecule has 0 saturated carbocycles. The van der Waals surface area contributed by atoms with Gasteiger partial charge in [0, 0.05) is 25.8 Å². The number of likely N-dealkylation sites (tertiary alicyclic amines) is 1. The fraction of sp³-hybridized carbons (Fsp3) is 0.778. The lowest BCUT2D eigenvalue weighted by atomic mass is 9.92. The van der Waals surface area contributed by atoms with Gasteiger partial charge in [0.05, 0.1) is 17.3 Å². The highest BCUT2D eigenvalue weighted by Crippen LogP contribution is 2.20. The summed E-state index contributed by atoms with van der Waals surface area (Å²) in [4.78, 5) is 14.7. The topological polar surface area (TPSA) is 50.2 Å². The molecule has 0 bridgehead atoms. The first-order valence-corrected chi connectivity index (χ1v) is 8.81. The third-order valence-corrected chi connectivity index (χ3v) is 4.41. The van der Waals surface area contributed by atoms with E-state index in [0.717, 1.165) is 31.3 Å². The zero-order valence-corrected chi connectivity index (χ0v) is 15.3. The molecule has 5 nitrogen and oxygen atoms in total. The molecule has 2 atom stereocenters. The van der Waals surface area contributed by atoms with Crippen LogP contribution in [-0.2, 0) is 5.54 Å². The number of carbonyl (C=O) groups is 1. The van der Waals surface area contributed by atoms with Crippen molar-refractivity contribution in [1.29, 1.82) is 0 Å². The monoisotopic (exact) mass is 320 g/mol. The number of hydrogen-bond donors (Lipinski definition) is 1. The van der Waals surface area contributed by atoms with Gasteiger partial charge in [-0.1, -0.05) is 13.8 Å². The Balaban J connectivity index is 1.72. The van der Waals surface area contributed by atoms with Crippen molar-refractivity contribution in [3.63, 3.8) is 0 Å². The summed E-state index contributed by atoms with van der Waals surface area (Å²) >= 11 is 0. The van der Waals surface area contributed by atoms with Crippen LogP contribution in [0.1, 0.15) is 57.8 Å². The zero-order chi connectivity index (χ0) is 17.0. The highest BCUT2D eigenvalue weighted by atomic mass is 16.1. The van der Waals surface area contributed by atoms with Crippen LogP contribution in [0, 0.1) is 11.8 Å². The first kappa shape index (κ1) is 18.0. The van der Waals surface area contributed by atoms with Crippen LogP contribution in [0.5, 0.6) is 0 Å². The molecule has 0 aromatic carbocycles. The summed E-state index contributed by atoms with van der Waals surface area (Å²) < 4.78 is 1.83. The molecule has 1 aromatic rings. The second-order valence-corrected chi connectivity index (χ2v) is 8.16. The summed E-state index contributed by atoms with van der Waals surface area (Å²) in [6.07, 6.45) is 5.81. The van der Waals surface area contributed by atoms with Crippen LogP contribution in [0.15, 0.2) is 12.4 Å². The van der Waals surface area contributed by atoms with Crippen molar-refractivity contribution in [3.05, 3.63) is 18.0 Å². The molecule has 2 rings (SSSR count). The second-order valence-electron chi connectivity index (χ2n) is 8.16. The van der Waals surface area contributed by atoms with E-state index in [1.165, 1.54) is 19.5 Å². The molecule has 1 amide bonds. The molecule has 130 valence electrons. The molecular weight excluding hydrogens is 288 g/mol. The highest BCUT2D eigenvalue weighted by Gasteiger charge is 2.21. The Morgan fingerprint density at radius 1 is 1.30 bits per heavy atom. The van der Waals surface area contributed by atoms with Crippen molar-refractivity contribution in [1.82, 2.24) is 20.0 Å². The fourth-order valence-electron chi connectivity index (χ4n) is 3.39. The molecule has 1 aliphatic rings. The lowest BCUT2D eigenvalue weighted by molar-refractivity contribution is 0.0947. The number of piperidine rings is 1. The highest BCUT2D eigenvalue weighted by molar-refractivity contribution is 5.93. The minimum atomic E-state index is -0.0970. The molecule has 1 N–H and O–H groups in total. The van der Waals surface area contributed by atoms with Crippen LogP contribution in [0.3, 0.4) is 0 Å². The predicted octanol–water partition coefficient (Wildman–Crippen LogP) is 2.74. The van der Waals surface area contributed by atoms with Crippen LogP contribution in [0.4, 0.5) is 0 Å². The number of carbonyl (C=O) groups excluding carboxylic acids is 1. The molecule has 0 unspecified atom stereocenters. The van der Waals surface area contributed by atoms with Gasteiger partial charge in [-0.3, -0.25) is 9.48 Å². The van der Waals surface area contributed by atoms with E-state index in [2.05, 4.69) is 49.9 Å². The van der Waals surface area contributed by atoms with E-state index in [-0.39, 0.29) is 11.4 Å². The first-order chi connectivity index (χ1) is 10.8. The van der Waals surface area contributed by atoms with E-state index in [1.807, 2.05) is 10.9 Å². The summed E-state index contributed by atoms with van der Waals surface area (Å²) in [5.74, 6) is 1.55. The van der Waals surface area contributed by atoms with Gasteiger partial charge < -0.3 is 10.2 Å². The van der Waals surface area contributed by atoms with Crippen LogP contribution >= 0.6 is 0 Å². The van der Waals surface area contributed by atoms with Crippen molar-refractivity contribution in [2.24, 2.45) is 11.8 Å². The van der Waals surface area contributed by atoms with Crippen molar-refractivity contribution in [2.75, 3.05) is 26.2 Å². The molecule has 1 fully saturated rings. The molecule has 0 spiro atoms. The largest absolute Gasteiger partial charge is 0.352 e. The van der Waals surface area contributed by atoms with Crippen molar-refractivity contribution >= 4 is 5.91 Å². The third kappa shape index (κ3) is 5.34. The van der Waals surface area contributed by atoms with Crippen LogP contribution in [-0.4, -0.2) is 46.8 Å². The number of hydrogen-bond acceptors (Lipinski definition) is 3. The Kier molecular flexibility index (Phi) is 5.84. The molecule has 1 aromatic heterocycles. The average molecular weight is 320 g/mol. The minimum Gasteiger partial charge on any atom is -0.352 e. The van der Waals surface area contributed by atoms with Gasteiger partial charge in [0.15, 0.2) is 0 Å². The molecule has 5 heteroatoms. The standard InChI is InChI=1S/C18H32N4O/c1-14-9-15(2)12-21(11-14)8-6-7-19-17(23)16-10-20-22(13-16)18(3,4)5/h10,13-15H,6-9,11-12H2,1-5H3,(H,19,23)/t14-,15-/m1/s1. The van der Waals surface area contributed by atoms with Gasteiger partial charge in [-0.05, 0) is 52.0 Å². The maximum absolute atomic E-state index is 12.2. The number of amides is 1. The zero-order valence-electron chi connectivity index (χ0n) is 15.3. The van der Waals surface area contributed by atoms with E-state index in [9.17, 15) is 4.79 Å². The average Bonchev–Trinajstić information content (AvgIpc) is 2.92. The summed E-state index contributed by atoms with van der Waals surface area (Å²) in [5.41, 5.74) is 0.542. The molecule has 1 saturated heterocycles. The second kappa shape index (κ2) is 7.47. The molecule has 0 radical (unpaired) electrons. The Labute approximate surface area is 140 Å². The van der Waals surface area contributed by atoms with Gasteiger partial charge in [-0.25, -0.2) is 0 Å².